The number of rotatable bonds is 3. The van der Waals surface area contributed by atoms with Crippen LogP contribution in [0.25, 0.3) is 0 Å². The van der Waals surface area contributed by atoms with Gasteiger partial charge in [-0.05, 0) is 12.8 Å². The molecule has 0 aliphatic heterocycles. The fourth-order valence-electron chi connectivity index (χ4n) is 2.01. The second-order valence-electron chi connectivity index (χ2n) is 3.98. The molecular formula is C9H13N3O2. The maximum Gasteiger partial charge on any atom is 0.304 e. The van der Waals surface area contributed by atoms with Crippen LogP contribution in [-0.2, 0) is 17.3 Å². The fourth-order valence-corrected chi connectivity index (χ4v) is 2.01. The van der Waals surface area contributed by atoms with E-state index in [1.807, 2.05) is 6.20 Å². The van der Waals surface area contributed by atoms with Crippen LogP contribution in [0.4, 0.5) is 0 Å². The van der Waals surface area contributed by atoms with E-state index in [0.717, 1.165) is 25.0 Å². The summed E-state index contributed by atoms with van der Waals surface area (Å²) in [5.74, 6) is -0.754. The molecule has 0 aromatic carbocycles. The Morgan fingerprint density at radius 3 is 2.79 bits per heavy atom. The summed E-state index contributed by atoms with van der Waals surface area (Å²) in [4.78, 5) is 10.7. The van der Waals surface area contributed by atoms with Gasteiger partial charge in [0.05, 0.1) is 12.1 Å². The van der Waals surface area contributed by atoms with E-state index in [2.05, 4.69) is 10.3 Å². The van der Waals surface area contributed by atoms with Gasteiger partial charge in [0.2, 0.25) is 0 Å². The molecule has 1 fully saturated rings. The van der Waals surface area contributed by atoms with Gasteiger partial charge in [-0.25, -0.2) is 0 Å². The van der Waals surface area contributed by atoms with Gasteiger partial charge >= 0.3 is 5.97 Å². The van der Waals surface area contributed by atoms with Crippen molar-refractivity contribution < 1.29 is 9.90 Å². The smallest absolute Gasteiger partial charge is 0.304 e. The minimum Gasteiger partial charge on any atom is -0.481 e. The Hall–Kier alpha value is -1.39. The number of aryl methyl sites for hydroxylation is 1. The summed E-state index contributed by atoms with van der Waals surface area (Å²) in [6.07, 6.45) is 4.91. The number of hydrogen-bond acceptors (Lipinski definition) is 3. The van der Waals surface area contributed by atoms with Crippen LogP contribution in [0.3, 0.4) is 0 Å². The standard InChI is InChI=1S/C9H13N3O2/c1-12-6-7(10-11-12)9(3-2-4-9)5-8(13)14/h6H,2-5H2,1H3,(H,13,14). The fraction of sp³-hybridized carbons (Fsp3) is 0.667. The Bertz CT molecular complexity index is 355. The van der Waals surface area contributed by atoms with Crippen LogP contribution >= 0.6 is 0 Å². The van der Waals surface area contributed by atoms with Crippen molar-refractivity contribution in [1.29, 1.82) is 0 Å². The number of hydrogen-bond donors (Lipinski definition) is 1. The van der Waals surface area contributed by atoms with Gasteiger partial charge in [-0.2, -0.15) is 0 Å². The third-order valence-electron chi connectivity index (χ3n) is 2.95. The van der Waals surface area contributed by atoms with E-state index in [1.165, 1.54) is 0 Å². The summed E-state index contributed by atoms with van der Waals surface area (Å²) >= 11 is 0. The van der Waals surface area contributed by atoms with Gasteiger partial charge in [0, 0.05) is 18.7 Å². The van der Waals surface area contributed by atoms with Crippen LogP contribution in [0.5, 0.6) is 0 Å². The minimum atomic E-state index is -0.754. The molecule has 76 valence electrons. The average molecular weight is 195 g/mol. The lowest BCUT2D eigenvalue weighted by Gasteiger charge is -2.38. The molecule has 0 atom stereocenters. The molecule has 0 radical (unpaired) electrons. The van der Waals surface area contributed by atoms with E-state index in [1.54, 1.807) is 11.7 Å². The minimum absolute atomic E-state index is 0.172. The number of nitrogens with zero attached hydrogens (tertiary/aromatic N) is 3. The molecule has 0 unspecified atom stereocenters. The van der Waals surface area contributed by atoms with Gasteiger partial charge in [0.1, 0.15) is 0 Å². The van der Waals surface area contributed by atoms with Gasteiger partial charge in [0.15, 0.2) is 0 Å². The van der Waals surface area contributed by atoms with E-state index >= 15 is 0 Å². The van der Waals surface area contributed by atoms with Crippen molar-refractivity contribution in [2.24, 2.45) is 7.05 Å². The molecule has 1 N–H and O–H groups in total. The van der Waals surface area contributed by atoms with Crippen LogP contribution in [0.2, 0.25) is 0 Å². The molecule has 1 aromatic rings. The highest BCUT2D eigenvalue weighted by molar-refractivity contribution is 5.69. The molecule has 1 heterocycles. The quantitative estimate of drug-likeness (QED) is 0.771. The van der Waals surface area contributed by atoms with Crippen molar-refractivity contribution in [3.63, 3.8) is 0 Å². The Balaban J connectivity index is 2.24. The highest BCUT2D eigenvalue weighted by Gasteiger charge is 2.42. The normalized spacial score (nSPS) is 18.9. The summed E-state index contributed by atoms with van der Waals surface area (Å²) in [6.45, 7) is 0. The molecule has 5 heteroatoms. The predicted molar refractivity (Wildman–Crippen MR) is 48.8 cm³/mol. The second-order valence-corrected chi connectivity index (χ2v) is 3.98. The number of aromatic nitrogens is 3. The average Bonchev–Trinajstić information content (AvgIpc) is 2.44. The maximum atomic E-state index is 10.7. The zero-order valence-corrected chi connectivity index (χ0v) is 8.10. The summed E-state index contributed by atoms with van der Waals surface area (Å²) in [6, 6.07) is 0. The third kappa shape index (κ3) is 1.38. The Morgan fingerprint density at radius 1 is 1.71 bits per heavy atom. The van der Waals surface area contributed by atoms with Crippen molar-refractivity contribution in [3.05, 3.63) is 11.9 Å². The number of carboxylic acid groups (broad SMARTS) is 1. The first kappa shape index (κ1) is 9.18. The highest BCUT2D eigenvalue weighted by Crippen LogP contribution is 2.45. The first-order chi connectivity index (χ1) is 6.62. The monoisotopic (exact) mass is 195 g/mol. The summed E-state index contributed by atoms with van der Waals surface area (Å²) in [5.41, 5.74) is 0.591. The molecule has 1 aliphatic carbocycles. The first-order valence-electron chi connectivity index (χ1n) is 4.71. The molecular weight excluding hydrogens is 182 g/mol. The van der Waals surface area contributed by atoms with Crippen LogP contribution in [0.1, 0.15) is 31.4 Å². The molecule has 5 nitrogen and oxygen atoms in total. The Morgan fingerprint density at radius 2 is 2.43 bits per heavy atom. The van der Waals surface area contributed by atoms with Crippen molar-refractivity contribution in [1.82, 2.24) is 15.0 Å². The summed E-state index contributed by atoms with van der Waals surface area (Å²) in [5, 5.41) is 16.7. The molecule has 0 amide bonds. The van der Waals surface area contributed by atoms with E-state index in [0.29, 0.717) is 0 Å². The Labute approximate surface area is 81.7 Å². The van der Waals surface area contributed by atoms with Gasteiger partial charge in [0.25, 0.3) is 0 Å². The van der Waals surface area contributed by atoms with Crippen LogP contribution in [0.15, 0.2) is 6.20 Å². The molecule has 0 bridgehead atoms. The lowest BCUT2D eigenvalue weighted by atomic mass is 9.65. The van der Waals surface area contributed by atoms with E-state index < -0.39 is 5.97 Å². The lowest BCUT2D eigenvalue weighted by molar-refractivity contribution is -0.139. The molecule has 1 aliphatic rings. The summed E-state index contributed by atoms with van der Waals surface area (Å²) < 4.78 is 1.62. The van der Waals surface area contributed by atoms with E-state index in [-0.39, 0.29) is 11.8 Å². The van der Waals surface area contributed by atoms with Crippen molar-refractivity contribution in [2.45, 2.75) is 31.1 Å². The van der Waals surface area contributed by atoms with Crippen molar-refractivity contribution in [3.8, 4) is 0 Å². The lowest BCUT2D eigenvalue weighted by Crippen LogP contribution is -2.37. The van der Waals surface area contributed by atoms with Crippen molar-refractivity contribution >= 4 is 5.97 Å². The predicted octanol–water partition coefficient (Wildman–Crippen LogP) is 0.711. The topological polar surface area (TPSA) is 68.0 Å². The van der Waals surface area contributed by atoms with E-state index in [4.69, 9.17) is 5.11 Å². The zero-order valence-electron chi connectivity index (χ0n) is 8.10. The van der Waals surface area contributed by atoms with Gasteiger partial charge in [-0.1, -0.05) is 11.6 Å². The van der Waals surface area contributed by atoms with Gasteiger partial charge < -0.3 is 5.11 Å². The second kappa shape index (κ2) is 3.08. The molecule has 1 saturated carbocycles. The molecule has 0 saturated heterocycles. The number of carboxylic acids is 1. The highest BCUT2D eigenvalue weighted by atomic mass is 16.4. The number of carbonyl (C=O) groups is 1. The van der Waals surface area contributed by atoms with Gasteiger partial charge in [-0.3, -0.25) is 9.48 Å². The van der Waals surface area contributed by atoms with Crippen molar-refractivity contribution in [2.75, 3.05) is 0 Å². The van der Waals surface area contributed by atoms with Crippen LogP contribution in [-0.4, -0.2) is 26.1 Å². The third-order valence-corrected chi connectivity index (χ3v) is 2.95. The van der Waals surface area contributed by atoms with Crippen LogP contribution in [0, 0.1) is 0 Å². The molecule has 2 rings (SSSR count). The molecule has 14 heavy (non-hydrogen) atoms. The zero-order chi connectivity index (χ0) is 10.2. The maximum absolute atomic E-state index is 10.7. The summed E-state index contributed by atoms with van der Waals surface area (Å²) in [7, 11) is 1.80. The SMILES string of the molecule is Cn1cc(C2(CC(=O)O)CCC2)nn1. The van der Waals surface area contributed by atoms with Crippen LogP contribution < -0.4 is 0 Å². The van der Waals surface area contributed by atoms with E-state index in [9.17, 15) is 4.79 Å². The number of aliphatic carboxylic acids is 1. The Kier molecular flexibility index (Phi) is 2.02. The molecule has 1 aromatic heterocycles. The molecule has 0 spiro atoms. The van der Waals surface area contributed by atoms with Gasteiger partial charge in [-0.15, -0.1) is 5.10 Å². The first-order valence-corrected chi connectivity index (χ1v) is 4.71. The largest absolute Gasteiger partial charge is 0.481 e.